The lowest BCUT2D eigenvalue weighted by Crippen LogP contribution is -2.01. The first-order chi connectivity index (χ1) is 8.19. The lowest BCUT2D eigenvalue weighted by molar-refractivity contribution is 0.358. The molecule has 0 bridgehead atoms. The van der Waals surface area contributed by atoms with Gasteiger partial charge in [0.15, 0.2) is 17.2 Å². The standard InChI is InChI=1S/C13H12O4/c1-16-10-7-6-8-4-3-5-9(14)12(15)11(8)13(10)17-2/h3-7H,1-2H3,(H,14,15). The summed E-state index contributed by atoms with van der Waals surface area (Å²) in [5.74, 6) is 0.482. The van der Waals surface area contributed by atoms with Gasteiger partial charge in [0.1, 0.15) is 0 Å². The minimum Gasteiger partial charge on any atom is -0.504 e. The molecule has 2 aromatic carbocycles. The zero-order chi connectivity index (χ0) is 12.4. The van der Waals surface area contributed by atoms with Crippen LogP contribution in [0.1, 0.15) is 0 Å². The monoisotopic (exact) mass is 232 g/mol. The lowest BCUT2D eigenvalue weighted by atomic mass is 10.1. The van der Waals surface area contributed by atoms with Gasteiger partial charge in [-0.05, 0) is 17.5 Å². The van der Waals surface area contributed by atoms with Crippen molar-refractivity contribution < 1.29 is 14.6 Å². The highest BCUT2D eigenvalue weighted by Gasteiger charge is 2.12. The van der Waals surface area contributed by atoms with Gasteiger partial charge in [-0.2, -0.15) is 0 Å². The second-order valence-electron chi connectivity index (χ2n) is 3.51. The van der Waals surface area contributed by atoms with Gasteiger partial charge in [0.25, 0.3) is 0 Å². The van der Waals surface area contributed by atoms with E-state index in [1.165, 1.54) is 20.3 Å². The first-order valence-corrected chi connectivity index (χ1v) is 5.06. The summed E-state index contributed by atoms with van der Waals surface area (Å²) in [6, 6.07) is 8.17. The highest BCUT2D eigenvalue weighted by atomic mass is 16.5. The number of rotatable bonds is 2. The van der Waals surface area contributed by atoms with E-state index in [0.717, 1.165) is 0 Å². The van der Waals surface area contributed by atoms with Crippen molar-refractivity contribution in [2.45, 2.75) is 0 Å². The average Bonchev–Trinajstić information content (AvgIpc) is 2.49. The van der Waals surface area contributed by atoms with Crippen molar-refractivity contribution in [3.8, 4) is 17.2 Å². The fourth-order valence-corrected chi connectivity index (χ4v) is 1.76. The number of ether oxygens (including phenoxy) is 2. The van der Waals surface area contributed by atoms with E-state index in [2.05, 4.69) is 0 Å². The van der Waals surface area contributed by atoms with E-state index in [1.54, 1.807) is 24.3 Å². The summed E-state index contributed by atoms with van der Waals surface area (Å²) in [5, 5.41) is 10.6. The molecule has 0 aromatic heterocycles. The number of benzene rings is 1. The summed E-state index contributed by atoms with van der Waals surface area (Å²) < 4.78 is 10.3. The molecule has 4 heteroatoms. The van der Waals surface area contributed by atoms with Gasteiger partial charge >= 0.3 is 0 Å². The lowest BCUT2D eigenvalue weighted by Gasteiger charge is -2.08. The number of hydrogen-bond acceptors (Lipinski definition) is 4. The van der Waals surface area contributed by atoms with Crippen LogP contribution in [-0.2, 0) is 0 Å². The van der Waals surface area contributed by atoms with Crippen molar-refractivity contribution in [3.05, 3.63) is 40.6 Å². The van der Waals surface area contributed by atoms with Gasteiger partial charge in [-0.1, -0.05) is 18.2 Å². The van der Waals surface area contributed by atoms with E-state index in [1.807, 2.05) is 0 Å². The summed E-state index contributed by atoms with van der Waals surface area (Å²) >= 11 is 0. The second kappa shape index (κ2) is 4.33. The maximum absolute atomic E-state index is 12.0. The molecular formula is C13H12O4. The predicted molar refractivity (Wildman–Crippen MR) is 65.0 cm³/mol. The summed E-state index contributed by atoms with van der Waals surface area (Å²) in [4.78, 5) is 12.0. The molecule has 0 spiro atoms. The van der Waals surface area contributed by atoms with Crippen molar-refractivity contribution >= 4 is 10.8 Å². The maximum Gasteiger partial charge on any atom is 0.231 e. The number of hydrogen-bond donors (Lipinski definition) is 1. The minimum absolute atomic E-state index is 0.313. The number of aromatic hydroxyl groups is 1. The molecule has 0 aliphatic carbocycles. The van der Waals surface area contributed by atoms with Crippen molar-refractivity contribution in [1.82, 2.24) is 0 Å². The molecule has 0 saturated carbocycles. The Morgan fingerprint density at radius 2 is 1.82 bits per heavy atom. The molecule has 0 atom stereocenters. The number of methoxy groups -OCH3 is 2. The highest BCUT2D eigenvalue weighted by Crippen LogP contribution is 2.33. The van der Waals surface area contributed by atoms with Gasteiger partial charge in [-0.25, -0.2) is 0 Å². The SMILES string of the molecule is COc1ccc2cccc(O)c(=O)c2c1OC. The van der Waals surface area contributed by atoms with E-state index in [-0.39, 0.29) is 5.75 Å². The largest absolute Gasteiger partial charge is 0.504 e. The van der Waals surface area contributed by atoms with Crippen LogP contribution in [0.2, 0.25) is 0 Å². The van der Waals surface area contributed by atoms with Crippen LogP contribution < -0.4 is 14.9 Å². The predicted octanol–water partition coefficient (Wildman–Crippen LogP) is 1.92. The molecular weight excluding hydrogens is 220 g/mol. The van der Waals surface area contributed by atoms with E-state index in [4.69, 9.17) is 9.47 Å². The fraction of sp³-hybridized carbons (Fsp3) is 0.154. The minimum atomic E-state index is -0.472. The van der Waals surface area contributed by atoms with Gasteiger partial charge in [0.2, 0.25) is 5.43 Å². The Balaban J connectivity index is 3.03. The second-order valence-corrected chi connectivity index (χ2v) is 3.51. The Kier molecular flexibility index (Phi) is 2.87. The van der Waals surface area contributed by atoms with E-state index in [0.29, 0.717) is 22.3 Å². The summed E-state index contributed by atoms with van der Waals surface area (Å²) in [6.07, 6.45) is 0. The molecule has 1 N–H and O–H groups in total. The molecule has 0 fully saturated rings. The van der Waals surface area contributed by atoms with Crippen LogP contribution in [-0.4, -0.2) is 19.3 Å². The molecule has 0 saturated heterocycles. The molecule has 88 valence electrons. The van der Waals surface area contributed by atoms with Crippen molar-refractivity contribution in [1.29, 1.82) is 0 Å². The van der Waals surface area contributed by atoms with Crippen LogP contribution in [0.4, 0.5) is 0 Å². The fourth-order valence-electron chi connectivity index (χ4n) is 1.76. The molecule has 0 amide bonds. The summed E-state index contributed by atoms with van der Waals surface area (Å²) in [7, 11) is 2.96. The van der Waals surface area contributed by atoms with Crippen molar-refractivity contribution in [2.24, 2.45) is 0 Å². The Bertz CT molecular complexity index is 620. The molecule has 0 radical (unpaired) electrons. The summed E-state index contributed by atoms with van der Waals surface area (Å²) in [5.41, 5.74) is -0.472. The maximum atomic E-state index is 12.0. The number of fused-ring (bicyclic) bond motifs is 1. The molecule has 0 aliphatic heterocycles. The molecule has 0 unspecified atom stereocenters. The third-order valence-electron chi connectivity index (χ3n) is 2.57. The molecule has 17 heavy (non-hydrogen) atoms. The molecule has 2 aromatic rings. The van der Waals surface area contributed by atoms with Crippen LogP contribution in [0.15, 0.2) is 35.1 Å². The third-order valence-corrected chi connectivity index (χ3v) is 2.57. The van der Waals surface area contributed by atoms with Gasteiger partial charge < -0.3 is 14.6 Å². The normalized spacial score (nSPS) is 10.2. The van der Waals surface area contributed by atoms with E-state index >= 15 is 0 Å². The van der Waals surface area contributed by atoms with Crippen LogP contribution in [0.5, 0.6) is 17.2 Å². The van der Waals surface area contributed by atoms with Crippen molar-refractivity contribution in [2.75, 3.05) is 14.2 Å². The summed E-state index contributed by atoms with van der Waals surface area (Å²) in [6.45, 7) is 0. The van der Waals surface area contributed by atoms with Gasteiger partial charge in [-0.3, -0.25) is 4.79 Å². The van der Waals surface area contributed by atoms with E-state index < -0.39 is 5.43 Å². The van der Waals surface area contributed by atoms with E-state index in [9.17, 15) is 9.90 Å². The molecule has 2 rings (SSSR count). The zero-order valence-corrected chi connectivity index (χ0v) is 9.56. The van der Waals surface area contributed by atoms with Gasteiger partial charge in [0.05, 0.1) is 19.6 Å². The first kappa shape index (κ1) is 11.3. The smallest absolute Gasteiger partial charge is 0.231 e. The van der Waals surface area contributed by atoms with Gasteiger partial charge in [-0.15, -0.1) is 0 Å². The Labute approximate surface area is 98.0 Å². The highest BCUT2D eigenvalue weighted by molar-refractivity contribution is 5.90. The van der Waals surface area contributed by atoms with Crippen LogP contribution in [0.3, 0.4) is 0 Å². The zero-order valence-electron chi connectivity index (χ0n) is 9.56. The molecule has 0 aliphatic rings. The van der Waals surface area contributed by atoms with Crippen molar-refractivity contribution in [3.63, 3.8) is 0 Å². The topological polar surface area (TPSA) is 55.8 Å². The van der Waals surface area contributed by atoms with Gasteiger partial charge in [0, 0.05) is 0 Å². The first-order valence-electron chi connectivity index (χ1n) is 5.06. The third kappa shape index (κ3) is 1.78. The molecule has 0 heterocycles. The van der Waals surface area contributed by atoms with Crippen LogP contribution in [0.25, 0.3) is 10.8 Å². The quantitative estimate of drug-likeness (QED) is 0.859. The molecule has 4 nitrogen and oxygen atoms in total. The Morgan fingerprint density at radius 1 is 1.06 bits per heavy atom. The Morgan fingerprint density at radius 3 is 2.47 bits per heavy atom. The Hall–Kier alpha value is -2.23. The average molecular weight is 232 g/mol. The van der Waals surface area contributed by atoms with Crippen LogP contribution in [0, 0.1) is 0 Å². The van der Waals surface area contributed by atoms with Crippen LogP contribution >= 0.6 is 0 Å².